The van der Waals surface area contributed by atoms with Gasteiger partial charge in [-0.15, -0.1) is 0 Å². The van der Waals surface area contributed by atoms with E-state index in [0.717, 1.165) is 16.5 Å². The number of hydrogen-bond donors (Lipinski definition) is 0. The van der Waals surface area contributed by atoms with E-state index in [4.69, 9.17) is 4.74 Å². The van der Waals surface area contributed by atoms with E-state index >= 15 is 0 Å². The van der Waals surface area contributed by atoms with Crippen LogP contribution in [0.2, 0.25) is 4.82 Å². The SMILES string of the molecule is CCOC(=O)C(C)[Se]C(=[Se])N(Cc1ccccc1)Cc1ccccc1. The first-order chi connectivity index (χ1) is 12.1. The molecule has 0 amide bonds. The Bertz CT molecular complexity index is 635. The first-order valence-electron chi connectivity index (χ1n) is 8.30. The van der Waals surface area contributed by atoms with Crippen molar-refractivity contribution in [1.82, 2.24) is 4.90 Å². The summed E-state index contributed by atoms with van der Waals surface area (Å²) in [7, 11) is 0. The van der Waals surface area contributed by atoms with E-state index in [0.29, 0.717) is 6.61 Å². The Morgan fingerprint density at radius 3 is 1.96 bits per heavy atom. The van der Waals surface area contributed by atoms with Gasteiger partial charge in [-0.25, -0.2) is 0 Å². The minimum absolute atomic E-state index is 0.00974. The quantitative estimate of drug-likeness (QED) is 0.420. The molecule has 25 heavy (non-hydrogen) atoms. The predicted molar refractivity (Wildman–Crippen MR) is 105 cm³/mol. The number of hydrogen-bond acceptors (Lipinski definition) is 3. The Hall–Kier alpha value is -1.38. The van der Waals surface area contributed by atoms with Gasteiger partial charge < -0.3 is 0 Å². The molecule has 0 bridgehead atoms. The molecule has 0 fully saturated rings. The molecule has 0 heterocycles. The Balaban J connectivity index is 2.09. The molecule has 0 radical (unpaired) electrons. The van der Waals surface area contributed by atoms with Crippen LogP contribution in [-0.2, 0) is 22.6 Å². The first kappa shape index (κ1) is 19.9. The maximum atomic E-state index is 12.0. The molecule has 2 rings (SSSR count). The van der Waals surface area contributed by atoms with Gasteiger partial charge in [0, 0.05) is 0 Å². The number of nitrogens with zero attached hydrogens (tertiary/aromatic N) is 1. The van der Waals surface area contributed by atoms with Crippen LogP contribution in [-0.4, -0.2) is 51.4 Å². The molecule has 3 nitrogen and oxygen atoms in total. The molecular formula is C20H23NO2Se2. The van der Waals surface area contributed by atoms with Gasteiger partial charge in [0.15, 0.2) is 0 Å². The molecule has 0 aliphatic carbocycles. The second kappa shape index (κ2) is 10.6. The molecule has 0 saturated heterocycles. The molecule has 0 saturated carbocycles. The van der Waals surface area contributed by atoms with Gasteiger partial charge in [0.05, 0.1) is 0 Å². The molecule has 5 heteroatoms. The van der Waals surface area contributed by atoms with Crippen molar-refractivity contribution in [2.75, 3.05) is 6.61 Å². The van der Waals surface area contributed by atoms with Crippen LogP contribution in [0.4, 0.5) is 0 Å². The standard InChI is InChI=1S/C20H23NO2Se2/c1-3-23-19(22)16(2)25-20(24)21(14-17-10-6-4-7-11-17)15-18-12-8-5-9-13-18/h4-13,16H,3,14-15H2,1-2H3. The van der Waals surface area contributed by atoms with Gasteiger partial charge in [-0.3, -0.25) is 0 Å². The van der Waals surface area contributed by atoms with Crippen LogP contribution in [0.1, 0.15) is 25.0 Å². The van der Waals surface area contributed by atoms with Crippen LogP contribution in [0.5, 0.6) is 0 Å². The monoisotopic (exact) mass is 469 g/mol. The number of esters is 1. The van der Waals surface area contributed by atoms with Gasteiger partial charge in [0.1, 0.15) is 0 Å². The molecule has 0 N–H and O–H groups in total. The molecule has 2 aromatic rings. The Morgan fingerprint density at radius 2 is 1.52 bits per heavy atom. The van der Waals surface area contributed by atoms with Gasteiger partial charge in [0.2, 0.25) is 0 Å². The molecule has 0 aromatic heterocycles. The summed E-state index contributed by atoms with van der Waals surface area (Å²) in [6.45, 7) is 5.85. The van der Waals surface area contributed by atoms with Crippen LogP contribution in [0, 0.1) is 0 Å². The number of rotatable bonds is 9. The molecule has 1 unspecified atom stereocenters. The Labute approximate surface area is 164 Å². The number of carbonyl (C=O) groups is 1. The first-order valence-corrected chi connectivity index (χ1v) is 11.0. The van der Waals surface area contributed by atoms with Crippen LogP contribution in [0.15, 0.2) is 60.7 Å². The van der Waals surface area contributed by atoms with Crippen LogP contribution >= 0.6 is 0 Å². The summed E-state index contributed by atoms with van der Waals surface area (Å²) >= 11 is 3.22. The second-order valence-corrected chi connectivity index (χ2v) is 10.5. The fraction of sp³-hybridized carbons (Fsp3) is 0.300. The third-order valence-electron chi connectivity index (χ3n) is 3.59. The van der Waals surface area contributed by atoms with Gasteiger partial charge in [0.25, 0.3) is 0 Å². The minimum atomic E-state index is -0.116. The maximum absolute atomic E-state index is 12.0. The number of carbonyl (C=O) groups excluding carboxylic acids is 1. The molecule has 1 atom stereocenters. The fourth-order valence-corrected chi connectivity index (χ4v) is 5.73. The summed E-state index contributed by atoms with van der Waals surface area (Å²) in [5, 5.41) is 0. The second-order valence-electron chi connectivity index (χ2n) is 5.61. The summed E-state index contributed by atoms with van der Waals surface area (Å²) in [6, 6.07) is 20.8. The van der Waals surface area contributed by atoms with Crippen molar-refractivity contribution in [1.29, 1.82) is 0 Å². The van der Waals surface area contributed by atoms with E-state index in [1.54, 1.807) is 0 Å². The van der Waals surface area contributed by atoms with Crippen molar-refractivity contribution in [2.24, 2.45) is 0 Å². The van der Waals surface area contributed by atoms with Crippen LogP contribution < -0.4 is 0 Å². The molecule has 2 aromatic carbocycles. The zero-order valence-corrected chi connectivity index (χ0v) is 18.0. The Morgan fingerprint density at radius 1 is 1.04 bits per heavy atom. The summed E-state index contributed by atoms with van der Waals surface area (Å²) in [4.78, 5) is 14.2. The van der Waals surface area contributed by atoms with Gasteiger partial charge in [-0.1, -0.05) is 0 Å². The summed E-state index contributed by atoms with van der Waals surface area (Å²) < 4.78 is 6.29. The summed E-state index contributed by atoms with van der Waals surface area (Å²) in [6.07, 6.45) is 0. The average Bonchev–Trinajstić information content (AvgIpc) is 2.63. The topological polar surface area (TPSA) is 29.5 Å². The zero-order valence-electron chi connectivity index (χ0n) is 14.6. The van der Waals surface area contributed by atoms with Crippen molar-refractivity contribution >= 4 is 39.9 Å². The predicted octanol–water partition coefficient (Wildman–Crippen LogP) is 3.02. The summed E-state index contributed by atoms with van der Waals surface area (Å²) in [5.74, 6) is -0.116. The van der Waals surface area contributed by atoms with Crippen molar-refractivity contribution in [2.45, 2.75) is 31.8 Å². The van der Waals surface area contributed by atoms with Crippen LogP contribution in [0.25, 0.3) is 0 Å². The van der Waals surface area contributed by atoms with E-state index in [1.807, 2.05) is 26.0 Å². The van der Waals surface area contributed by atoms with E-state index in [9.17, 15) is 4.79 Å². The van der Waals surface area contributed by atoms with E-state index in [-0.39, 0.29) is 25.7 Å². The van der Waals surface area contributed by atoms with Crippen molar-refractivity contribution in [3.05, 3.63) is 71.8 Å². The number of benzene rings is 2. The number of ether oxygens (including phenoxy) is 1. The molecule has 0 spiro atoms. The van der Waals surface area contributed by atoms with Crippen molar-refractivity contribution in [3.63, 3.8) is 0 Å². The van der Waals surface area contributed by atoms with Crippen LogP contribution in [0.3, 0.4) is 0 Å². The van der Waals surface area contributed by atoms with Gasteiger partial charge in [-0.05, 0) is 0 Å². The third kappa shape index (κ3) is 6.80. The van der Waals surface area contributed by atoms with Gasteiger partial charge >= 0.3 is 165 Å². The van der Waals surface area contributed by atoms with Crippen molar-refractivity contribution < 1.29 is 9.53 Å². The Kier molecular flexibility index (Phi) is 8.43. The molecular weight excluding hydrogens is 444 g/mol. The van der Waals surface area contributed by atoms with Gasteiger partial charge in [-0.2, -0.15) is 0 Å². The third-order valence-corrected chi connectivity index (χ3v) is 7.29. The normalized spacial score (nSPS) is 11.6. The van der Waals surface area contributed by atoms with E-state index in [2.05, 4.69) is 69.0 Å². The molecule has 0 aliphatic heterocycles. The van der Waals surface area contributed by atoms with E-state index in [1.165, 1.54) is 11.1 Å². The average molecular weight is 467 g/mol. The van der Waals surface area contributed by atoms with E-state index < -0.39 is 0 Å². The molecule has 132 valence electrons. The summed E-state index contributed by atoms with van der Waals surface area (Å²) in [5.41, 5.74) is 2.51. The zero-order chi connectivity index (χ0) is 18.1. The molecule has 0 aliphatic rings. The fourth-order valence-electron chi connectivity index (χ4n) is 2.33. The van der Waals surface area contributed by atoms with Crippen molar-refractivity contribution in [3.8, 4) is 0 Å².